The third kappa shape index (κ3) is 6.06. The minimum Gasteiger partial charge on any atom is -0.490 e. The fourth-order valence-electron chi connectivity index (χ4n) is 4.94. The van der Waals surface area contributed by atoms with Crippen molar-refractivity contribution in [3.05, 3.63) is 47.5 Å². The first-order valence-corrected chi connectivity index (χ1v) is 13.0. The predicted octanol–water partition coefficient (Wildman–Crippen LogP) is 3.24. The summed E-state index contributed by atoms with van der Waals surface area (Å²) in [5.41, 5.74) is 1.49. The first-order valence-electron chi connectivity index (χ1n) is 13.0. The van der Waals surface area contributed by atoms with Crippen molar-refractivity contribution in [2.45, 2.75) is 52.2 Å². The third-order valence-corrected chi connectivity index (χ3v) is 7.25. The second-order valence-electron chi connectivity index (χ2n) is 10.2. The molecule has 0 bridgehead atoms. The summed E-state index contributed by atoms with van der Waals surface area (Å²) in [6, 6.07) is 7.86. The Morgan fingerprint density at radius 2 is 1.78 bits per heavy atom. The molecule has 0 spiro atoms. The van der Waals surface area contributed by atoms with Gasteiger partial charge in [0, 0.05) is 64.6 Å². The van der Waals surface area contributed by atoms with Gasteiger partial charge in [0.1, 0.15) is 23.4 Å². The van der Waals surface area contributed by atoms with Crippen molar-refractivity contribution in [2.24, 2.45) is 5.92 Å². The molecule has 0 N–H and O–H groups in total. The van der Waals surface area contributed by atoms with Crippen molar-refractivity contribution in [1.82, 2.24) is 24.5 Å². The Hall–Kier alpha value is -2.94. The third-order valence-electron chi connectivity index (χ3n) is 7.25. The van der Waals surface area contributed by atoms with Crippen LogP contribution in [-0.2, 0) is 11.3 Å². The number of aromatic nitrogens is 2. The Bertz CT molecular complexity index is 1050. The number of amides is 2. The molecule has 2 fully saturated rings. The van der Waals surface area contributed by atoms with Gasteiger partial charge in [0.25, 0.3) is 5.91 Å². The van der Waals surface area contributed by atoms with Gasteiger partial charge in [-0.15, -0.1) is 0 Å². The lowest BCUT2D eigenvalue weighted by Crippen LogP contribution is -2.51. The SMILES string of the molecule is CCn1nc(C(C)C)cc1C(=O)N1CC[C@H](Oc2ccc(F)cc2)[C@@H](CC(=O)N2CCN(C)CC2)C1. The molecule has 0 saturated carbocycles. The maximum absolute atomic E-state index is 13.6. The molecule has 4 rings (SSSR count). The van der Waals surface area contributed by atoms with E-state index in [1.165, 1.54) is 12.1 Å². The minimum absolute atomic E-state index is 0.0615. The minimum atomic E-state index is -0.321. The lowest BCUT2D eigenvalue weighted by Gasteiger charge is -2.40. The Labute approximate surface area is 213 Å². The van der Waals surface area contributed by atoms with Crippen LogP contribution >= 0.6 is 0 Å². The van der Waals surface area contributed by atoms with E-state index in [2.05, 4.69) is 30.9 Å². The molecule has 2 aliphatic heterocycles. The van der Waals surface area contributed by atoms with Crippen LogP contribution in [0.1, 0.15) is 55.7 Å². The van der Waals surface area contributed by atoms with Gasteiger partial charge in [-0.2, -0.15) is 5.10 Å². The van der Waals surface area contributed by atoms with Gasteiger partial charge in [0.15, 0.2) is 0 Å². The lowest BCUT2D eigenvalue weighted by molar-refractivity contribution is -0.135. The maximum Gasteiger partial charge on any atom is 0.272 e. The van der Waals surface area contributed by atoms with Crippen molar-refractivity contribution in [1.29, 1.82) is 0 Å². The highest BCUT2D eigenvalue weighted by Gasteiger charge is 2.37. The van der Waals surface area contributed by atoms with E-state index in [-0.39, 0.29) is 35.6 Å². The molecule has 0 radical (unpaired) electrons. The summed E-state index contributed by atoms with van der Waals surface area (Å²) < 4.78 is 21.4. The highest BCUT2D eigenvalue weighted by molar-refractivity contribution is 5.93. The Balaban J connectivity index is 1.51. The van der Waals surface area contributed by atoms with Crippen LogP contribution in [0.3, 0.4) is 0 Å². The summed E-state index contributed by atoms with van der Waals surface area (Å²) in [4.78, 5) is 32.8. The summed E-state index contributed by atoms with van der Waals surface area (Å²) in [6.45, 7) is 10.8. The second kappa shape index (κ2) is 11.4. The Kier molecular flexibility index (Phi) is 8.28. The summed E-state index contributed by atoms with van der Waals surface area (Å²) in [7, 11) is 2.06. The van der Waals surface area contributed by atoms with E-state index in [9.17, 15) is 14.0 Å². The van der Waals surface area contributed by atoms with Crippen LogP contribution in [0.25, 0.3) is 0 Å². The fraction of sp³-hybridized carbons (Fsp3) is 0.593. The number of carbonyl (C=O) groups is 2. The molecule has 3 heterocycles. The van der Waals surface area contributed by atoms with Gasteiger partial charge in [-0.3, -0.25) is 14.3 Å². The molecular weight excluding hydrogens is 461 g/mol. The van der Waals surface area contributed by atoms with Gasteiger partial charge in [-0.25, -0.2) is 4.39 Å². The number of ether oxygens (including phenoxy) is 1. The maximum atomic E-state index is 13.6. The molecule has 1 aromatic carbocycles. The molecular formula is C27H38FN5O3. The predicted molar refractivity (Wildman–Crippen MR) is 136 cm³/mol. The molecule has 2 saturated heterocycles. The molecule has 2 aliphatic rings. The number of likely N-dealkylation sites (tertiary alicyclic amines) is 1. The van der Waals surface area contributed by atoms with Crippen LogP contribution in [0.2, 0.25) is 0 Å². The zero-order valence-corrected chi connectivity index (χ0v) is 21.8. The van der Waals surface area contributed by atoms with E-state index < -0.39 is 0 Å². The van der Waals surface area contributed by atoms with E-state index in [1.54, 1.807) is 16.8 Å². The standard InChI is InChI=1S/C27H38FN5O3/c1-5-33-24(17-23(29-33)19(2)3)27(35)32-11-10-25(36-22-8-6-21(28)7-9-22)20(18-32)16-26(34)31-14-12-30(4)13-15-31/h6-9,17,19-20,25H,5,10-16,18H2,1-4H3/t20-,25-/m0/s1. The van der Waals surface area contributed by atoms with Crippen molar-refractivity contribution in [3.8, 4) is 5.75 Å². The Morgan fingerprint density at radius 1 is 1.08 bits per heavy atom. The summed E-state index contributed by atoms with van der Waals surface area (Å²) in [5.74, 6) is 0.349. The van der Waals surface area contributed by atoms with E-state index in [0.717, 1.165) is 18.8 Å². The normalized spacial score (nSPS) is 21.2. The summed E-state index contributed by atoms with van der Waals surface area (Å²) >= 11 is 0. The van der Waals surface area contributed by atoms with Crippen molar-refractivity contribution in [2.75, 3.05) is 46.3 Å². The number of benzene rings is 1. The van der Waals surface area contributed by atoms with Crippen molar-refractivity contribution < 1.29 is 18.7 Å². The number of rotatable bonds is 7. The highest BCUT2D eigenvalue weighted by Crippen LogP contribution is 2.28. The molecule has 9 heteroatoms. The van der Waals surface area contributed by atoms with E-state index in [1.807, 2.05) is 22.8 Å². The van der Waals surface area contributed by atoms with Gasteiger partial charge in [0.05, 0.1) is 5.69 Å². The highest BCUT2D eigenvalue weighted by atomic mass is 19.1. The number of aryl methyl sites for hydroxylation is 1. The first kappa shape index (κ1) is 26.1. The number of hydrogen-bond donors (Lipinski definition) is 0. The average Bonchev–Trinajstić information content (AvgIpc) is 3.31. The lowest BCUT2D eigenvalue weighted by atomic mass is 9.90. The number of hydrogen-bond acceptors (Lipinski definition) is 5. The average molecular weight is 500 g/mol. The van der Waals surface area contributed by atoms with Crippen molar-refractivity contribution in [3.63, 3.8) is 0 Å². The van der Waals surface area contributed by atoms with E-state index in [4.69, 9.17) is 4.74 Å². The van der Waals surface area contributed by atoms with Crippen LogP contribution < -0.4 is 4.74 Å². The molecule has 2 amide bonds. The number of carbonyl (C=O) groups excluding carboxylic acids is 2. The molecule has 8 nitrogen and oxygen atoms in total. The smallest absolute Gasteiger partial charge is 0.272 e. The van der Waals surface area contributed by atoms with Gasteiger partial charge < -0.3 is 19.4 Å². The molecule has 0 aliphatic carbocycles. The zero-order valence-electron chi connectivity index (χ0n) is 21.8. The van der Waals surface area contributed by atoms with E-state index >= 15 is 0 Å². The molecule has 2 aromatic rings. The molecule has 2 atom stereocenters. The van der Waals surface area contributed by atoms with Crippen LogP contribution in [0.4, 0.5) is 4.39 Å². The van der Waals surface area contributed by atoms with Gasteiger partial charge >= 0.3 is 0 Å². The Morgan fingerprint density at radius 3 is 2.42 bits per heavy atom. The van der Waals surface area contributed by atoms with Crippen LogP contribution in [0.5, 0.6) is 5.75 Å². The number of halogens is 1. The zero-order chi connectivity index (χ0) is 25.8. The topological polar surface area (TPSA) is 70.9 Å². The van der Waals surface area contributed by atoms with E-state index in [0.29, 0.717) is 57.0 Å². The van der Waals surface area contributed by atoms with Crippen LogP contribution in [0.15, 0.2) is 30.3 Å². The van der Waals surface area contributed by atoms with Gasteiger partial charge in [-0.1, -0.05) is 13.8 Å². The molecule has 36 heavy (non-hydrogen) atoms. The molecule has 196 valence electrons. The summed E-state index contributed by atoms with van der Waals surface area (Å²) in [5, 5.41) is 4.61. The number of likely N-dealkylation sites (N-methyl/N-ethyl adjacent to an activating group) is 1. The van der Waals surface area contributed by atoms with Gasteiger partial charge in [0.2, 0.25) is 5.91 Å². The number of piperidine rings is 1. The number of nitrogens with zero attached hydrogens (tertiary/aromatic N) is 5. The summed E-state index contributed by atoms with van der Waals surface area (Å²) in [6.07, 6.45) is 0.670. The van der Waals surface area contributed by atoms with Crippen LogP contribution in [-0.4, -0.2) is 88.7 Å². The monoisotopic (exact) mass is 499 g/mol. The van der Waals surface area contributed by atoms with Crippen molar-refractivity contribution >= 4 is 11.8 Å². The number of piperazine rings is 1. The fourth-order valence-corrected chi connectivity index (χ4v) is 4.94. The molecule has 0 unspecified atom stereocenters. The quantitative estimate of drug-likeness (QED) is 0.585. The second-order valence-corrected chi connectivity index (χ2v) is 10.2. The largest absolute Gasteiger partial charge is 0.490 e. The van der Waals surface area contributed by atoms with Gasteiger partial charge in [-0.05, 0) is 50.2 Å². The first-order chi connectivity index (χ1) is 17.2. The van der Waals surface area contributed by atoms with Crippen LogP contribution in [0, 0.1) is 11.7 Å². The molecule has 1 aromatic heterocycles.